The molecule has 1 aliphatic heterocycles. The number of hydrazone groups is 1. The first-order valence-electron chi connectivity index (χ1n) is 3.58. The molecule has 0 aliphatic carbocycles. The maximum absolute atomic E-state index is 5.51. The molecule has 3 N–H and O–H groups in total. The molecule has 0 spiro atoms. The van der Waals surface area contributed by atoms with Gasteiger partial charge in [0.2, 0.25) is 0 Å². The van der Waals surface area contributed by atoms with Crippen LogP contribution in [0.4, 0.5) is 0 Å². The predicted molar refractivity (Wildman–Crippen MR) is 52.9 cm³/mol. The van der Waals surface area contributed by atoms with Gasteiger partial charge in [0.05, 0.1) is 6.04 Å². The van der Waals surface area contributed by atoms with Gasteiger partial charge in [-0.25, -0.2) is 0 Å². The lowest BCUT2D eigenvalue weighted by atomic mass is 9.86. The van der Waals surface area contributed by atoms with Gasteiger partial charge in [-0.3, -0.25) is 0 Å². The van der Waals surface area contributed by atoms with Crippen molar-refractivity contribution in [1.29, 1.82) is 0 Å². The van der Waals surface area contributed by atoms with Crippen LogP contribution in [-0.4, -0.2) is 11.9 Å². The molecule has 1 aliphatic rings. The van der Waals surface area contributed by atoms with E-state index in [1.54, 1.807) is 0 Å². The van der Waals surface area contributed by atoms with Gasteiger partial charge in [0.25, 0.3) is 0 Å². The van der Waals surface area contributed by atoms with E-state index < -0.39 is 0 Å². The van der Waals surface area contributed by atoms with Crippen molar-refractivity contribution in [2.24, 2.45) is 16.3 Å². The SMILES string of the molecule is Br.CC(C)(C)C1CC(N)=NN1. The van der Waals surface area contributed by atoms with Gasteiger partial charge in [-0.15, -0.1) is 17.0 Å². The van der Waals surface area contributed by atoms with E-state index in [9.17, 15) is 0 Å². The van der Waals surface area contributed by atoms with Crippen molar-refractivity contribution >= 4 is 22.8 Å². The van der Waals surface area contributed by atoms with E-state index in [4.69, 9.17) is 5.73 Å². The van der Waals surface area contributed by atoms with Gasteiger partial charge in [0.1, 0.15) is 5.84 Å². The highest BCUT2D eigenvalue weighted by Gasteiger charge is 2.28. The van der Waals surface area contributed by atoms with Crippen molar-refractivity contribution < 1.29 is 0 Å². The summed E-state index contributed by atoms with van der Waals surface area (Å²) in [6.07, 6.45) is 0.878. The number of amidine groups is 1. The normalized spacial score (nSPS) is 23.5. The van der Waals surface area contributed by atoms with Crippen LogP contribution in [0.2, 0.25) is 0 Å². The van der Waals surface area contributed by atoms with E-state index in [2.05, 4.69) is 31.3 Å². The summed E-state index contributed by atoms with van der Waals surface area (Å²) >= 11 is 0. The van der Waals surface area contributed by atoms with Crippen molar-refractivity contribution in [2.75, 3.05) is 0 Å². The van der Waals surface area contributed by atoms with Crippen LogP contribution in [0, 0.1) is 5.41 Å². The fraction of sp³-hybridized carbons (Fsp3) is 0.857. The average Bonchev–Trinajstić information content (AvgIpc) is 2.11. The summed E-state index contributed by atoms with van der Waals surface area (Å²) in [5.74, 6) is 0.722. The Hall–Kier alpha value is -0.250. The molecule has 1 atom stereocenters. The Morgan fingerprint density at radius 3 is 2.27 bits per heavy atom. The van der Waals surface area contributed by atoms with E-state index >= 15 is 0 Å². The van der Waals surface area contributed by atoms with E-state index in [0.717, 1.165) is 12.3 Å². The fourth-order valence-electron chi connectivity index (χ4n) is 0.961. The Morgan fingerprint density at radius 2 is 2.09 bits per heavy atom. The number of nitrogens with zero attached hydrogens (tertiary/aromatic N) is 1. The summed E-state index contributed by atoms with van der Waals surface area (Å²) in [4.78, 5) is 0. The highest BCUT2D eigenvalue weighted by molar-refractivity contribution is 8.93. The zero-order valence-electron chi connectivity index (χ0n) is 7.22. The van der Waals surface area contributed by atoms with Crippen LogP contribution >= 0.6 is 17.0 Å². The predicted octanol–water partition coefficient (Wildman–Crippen LogP) is 1.24. The van der Waals surface area contributed by atoms with Crippen molar-refractivity contribution in [1.82, 2.24) is 5.43 Å². The fourth-order valence-corrected chi connectivity index (χ4v) is 0.961. The molecule has 11 heavy (non-hydrogen) atoms. The molecule has 0 bridgehead atoms. The second kappa shape index (κ2) is 3.43. The van der Waals surface area contributed by atoms with Gasteiger partial charge < -0.3 is 11.2 Å². The van der Waals surface area contributed by atoms with Crippen LogP contribution in [0.1, 0.15) is 27.2 Å². The lowest BCUT2D eigenvalue weighted by Crippen LogP contribution is -2.34. The average molecular weight is 222 g/mol. The maximum atomic E-state index is 5.51. The van der Waals surface area contributed by atoms with Gasteiger partial charge in [-0.1, -0.05) is 20.8 Å². The lowest BCUT2D eigenvalue weighted by molar-refractivity contribution is 0.291. The summed E-state index contributed by atoms with van der Waals surface area (Å²) < 4.78 is 0. The highest BCUT2D eigenvalue weighted by Crippen LogP contribution is 2.23. The topological polar surface area (TPSA) is 50.4 Å². The standard InChI is InChI=1S/C7H15N3.BrH/c1-7(2,3)5-4-6(8)10-9-5;/h5,9H,4H2,1-3H3,(H2,8,10);1H. The minimum absolute atomic E-state index is 0. The molecule has 0 aromatic heterocycles. The highest BCUT2D eigenvalue weighted by atomic mass is 79.9. The molecule has 0 radical (unpaired) electrons. The summed E-state index contributed by atoms with van der Waals surface area (Å²) in [7, 11) is 0. The molecule has 0 amide bonds. The minimum atomic E-state index is 0. The number of nitrogens with two attached hydrogens (primary N) is 1. The second-order valence-corrected chi connectivity index (χ2v) is 3.85. The molecule has 66 valence electrons. The van der Waals surface area contributed by atoms with Crippen LogP contribution in [0.5, 0.6) is 0 Å². The van der Waals surface area contributed by atoms with Crippen LogP contribution in [0.15, 0.2) is 5.10 Å². The summed E-state index contributed by atoms with van der Waals surface area (Å²) in [6, 6.07) is 0.410. The van der Waals surface area contributed by atoms with E-state index in [1.165, 1.54) is 0 Å². The molecule has 0 aromatic rings. The van der Waals surface area contributed by atoms with Crippen LogP contribution < -0.4 is 11.2 Å². The molecule has 3 nitrogen and oxygen atoms in total. The third-order valence-electron chi connectivity index (χ3n) is 1.82. The molecule has 1 unspecified atom stereocenters. The van der Waals surface area contributed by atoms with Crippen molar-refractivity contribution in [3.05, 3.63) is 0 Å². The molecule has 1 heterocycles. The van der Waals surface area contributed by atoms with Gasteiger partial charge in [-0.2, -0.15) is 5.10 Å². The smallest absolute Gasteiger partial charge is 0.121 e. The van der Waals surface area contributed by atoms with Gasteiger partial charge >= 0.3 is 0 Å². The zero-order chi connectivity index (χ0) is 7.78. The Balaban J connectivity index is 0.000001000. The molecule has 0 saturated carbocycles. The van der Waals surface area contributed by atoms with Gasteiger partial charge in [0.15, 0.2) is 0 Å². The van der Waals surface area contributed by atoms with E-state index in [-0.39, 0.29) is 22.4 Å². The second-order valence-electron chi connectivity index (χ2n) is 3.85. The zero-order valence-corrected chi connectivity index (χ0v) is 8.93. The quantitative estimate of drug-likeness (QED) is 0.647. The number of hydrogen-bond acceptors (Lipinski definition) is 3. The molecule has 1 rings (SSSR count). The lowest BCUT2D eigenvalue weighted by Gasteiger charge is -2.25. The van der Waals surface area contributed by atoms with E-state index in [0.29, 0.717) is 6.04 Å². The van der Waals surface area contributed by atoms with Crippen molar-refractivity contribution in [3.63, 3.8) is 0 Å². The summed E-state index contributed by atoms with van der Waals surface area (Å²) in [5.41, 5.74) is 8.77. The number of hydrogen-bond donors (Lipinski definition) is 2. The number of rotatable bonds is 0. The van der Waals surface area contributed by atoms with Crippen molar-refractivity contribution in [3.8, 4) is 0 Å². The molecular formula is C7H16BrN3. The Kier molecular flexibility index (Phi) is 3.35. The van der Waals surface area contributed by atoms with Gasteiger partial charge in [0, 0.05) is 6.42 Å². The van der Waals surface area contributed by atoms with E-state index in [1.807, 2.05) is 0 Å². The first-order chi connectivity index (χ1) is 4.50. The van der Waals surface area contributed by atoms with Gasteiger partial charge in [-0.05, 0) is 5.41 Å². The third-order valence-corrected chi connectivity index (χ3v) is 1.82. The van der Waals surface area contributed by atoms with Crippen LogP contribution in [0.25, 0.3) is 0 Å². The Morgan fingerprint density at radius 1 is 1.55 bits per heavy atom. The Bertz CT molecular complexity index is 160. The first-order valence-corrected chi connectivity index (χ1v) is 3.58. The molecule has 0 fully saturated rings. The number of nitrogens with one attached hydrogen (secondary N) is 1. The maximum Gasteiger partial charge on any atom is 0.121 e. The molecule has 0 saturated heterocycles. The van der Waals surface area contributed by atoms with Crippen LogP contribution in [-0.2, 0) is 0 Å². The molecular weight excluding hydrogens is 206 g/mol. The summed E-state index contributed by atoms with van der Waals surface area (Å²) in [6.45, 7) is 6.54. The monoisotopic (exact) mass is 221 g/mol. The van der Waals surface area contributed by atoms with Crippen molar-refractivity contribution in [2.45, 2.75) is 33.2 Å². The summed E-state index contributed by atoms with van der Waals surface area (Å²) in [5, 5.41) is 3.93. The first kappa shape index (κ1) is 10.8. The third kappa shape index (κ3) is 2.69. The molecule has 0 aromatic carbocycles. The molecule has 4 heteroatoms. The number of halogens is 1. The minimum Gasteiger partial charge on any atom is -0.386 e. The largest absolute Gasteiger partial charge is 0.386 e. The Labute approximate surface area is 78.2 Å². The van der Waals surface area contributed by atoms with Crippen LogP contribution in [0.3, 0.4) is 0 Å².